The molecule has 2 rings (SSSR count). The van der Waals surface area contributed by atoms with Crippen LogP contribution in [0, 0.1) is 3.57 Å². The Kier molecular flexibility index (Phi) is 6.07. The Hall–Kier alpha value is -2.49. The molecule has 0 aliphatic rings. The molecule has 130 valence electrons. The van der Waals surface area contributed by atoms with E-state index in [0.29, 0.717) is 5.56 Å². The van der Waals surface area contributed by atoms with E-state index in [1.165, 1.54) is 12.2 Å². The summed E-state index contributed by atoms with van der Waals surface area (Å²) in [6.07, 6.45) is 2.74. The van der Waals surface area contributed by atoms with Crippen molar-refractivity contribution in [1.29, 1.82) is 0 Å². The first-order valence-corrected chi connectivity index (χ1v) is 8.43. The lowest BCUT2D eigenvalue weighted by Gasteiger charge is -2.11. The van der Waals surface area contributed by atoms with Crippen LogP contribution in [0.5, 0.6) is 0 Å². The lowest BCUT2D eigenvalue weighted by atomic mass is 10.1. The largest absolute Gasteiger partial charge is 0.337 e. The third kappa shape index (κ3) is 3.95. The van der Waals surface area contributed by atoms with Gasteiger partial charge in [-0.25, -0.2) is 28.1 Å². The zero-order chi connectivity index (χ0) is 18.6. The molecule has 0 aliphatic heterocycles. The van der Waals surface area contributed by atoms with E-state index in [9.17, 15) is 19.2 Å². The van der Waals surface area contributed by atoms with Crippen molar-refractivity contribution in [2.45, 2.75) is 19.6 Å². The maximum Gasteiger partial charge on any atom is 0.337 e. The molecule has 25 heavy (non-hydrogen) atoms. The number of Topliss-reactive ketones (excluding diaryl/α,β-unsaturated/α-hetero) is 1. The Morgan fingerprint density at radius 2 is 1.32 bits per heavy atom. The van der Waals surface area contributed by atoms with Crippen LogP contribution in [0.4, 0.5) is 0 Å². The number of nitrogens with zero attached hydrogens (tertiary/aromatic N) is 3. The first-order valence-electron chi connectivity index (χ1n) is 7.35. The fraction of sp³-hybridized carbons (Fsp3) is 0.176. The second-order valence-electron chi connectivity index (χ2n) is 5.16. The maximum atomic E-state index is 12.5. The van der Waals surface area contributed by atoms with Crippen LogP contribution in [0.25, 0.3) is 0 Å². The minimum atomic E-state index is -0.839. The predicted molar refractivity (Wildman–Crippen MR) is 103 cm³/mol. The lowest BCUT2D eigenvalue weighted by Crippen LogP contribution is -2.55. The number of carbonyl (C=O) groups is 1. The Morgan fingerprint density at radius 3 is 1.76 bits per heavy atom. The Labute approximate surface area is 156 Å². The number of halogens is 1. The first kappa shape index (κ1) is 18.8. The van der Waals surface area contributed by atoms with E-state index in [1.54, 1.807) is 24.3 Å². The van der Waals surface area contributed by atoms with E-state index < -0.39 is 29.4 Å². The monoisotopic (exact) mass is 453 g/mol. The highest BCUT2D eigenvalue weighted by molar-refractivity contribution is 14.1. The average Bonchev–Trinajstić information content (AvgIpc) is 2.60. The number of rotatable bonds is 7. The van der Waals surface area contributed by atoms with Gasteiger partial charge in [0.2, 0.25) is 0 Å². The van der Waals surface area contributed by atoms with Gasteiger partial charge < -0.3 is 0 Å². The summed E-state index contributed by atoms with van der Waals surface area (Å²) in [5.74, 6) is -0.399. The SMILES string of the molecule is C=CCn1c(=O)n(CC=C)c(=O)n(CC(=O)c2ccc(I)cc2)c1=O. The van der Waals surface area contributed by atoms with Crippen molar-refractivity contribution in [2.24, 2.45) is 0 Å². The molecular formula is C17H16IN3O4. The minimum absolute atomic E-state index is 0.0627. The van der Waals surface area contributed by atoms with E-state index >= 15 is 0 Å². The number of carbonyl (C=O) groups excluding carboxylic acids is 1. The molecule has 0 bridgehead atoms. The molecule has 0 unspecified atom stereocenters. The third-order valence-corrected chi connectivity index (χ3v) is 4.20. The van der Waals surface area contributed by atoms with Crippen molar-refractivity contribution in [3.63, 3.8) is 0 Å². The van der Waals surface area contributed by atoms with Gasteiger partial charge in [0.1, 0.15) is 0 Å². The fourth-order valence-electron chi connectivity index (χ4n) is 2.26. The Balaban J connectivity index is 2.58. The quantitative estimate of drug-likeness (QED) is 0.356. The third-order valence-electron chi connectivity index (χ3n) is 3.48. The van der Waals surface area contributed by atoms with Crippen LogP contribution in [0.2, 0.25) is 0 Å². The van der Waals surface area contributed by atoms with Crippen LogP contribution in [-0.2, 0) is 19.6 Å². The van der Waals surface area contributed by atoms with Crippen molar-refractivity contribution in [3.8, 4) is 0 Å². The van der Waals surface area contributed by atoms with E-state index in [2.05, 4.69) is 35.7 Å². The molecule has 2 aromatic rings. The number of ketones is 1. The number of aromatic nitrogens is 3. The number of benzene rings is 1. The molecule has 8 heteroatoms. The molecule has 0 radical (unpaired) electrons. The number of allylic oxidation sites excluding steroid dienone is 2. The van der Waals surface area contributed by atoms with Gasteiger partial charge in [-0.15, -0.1) is 13.2 Å². The van der Waals surface area contributed by atoms with Crippen LogP contribution in [0.15, 0.2) is 64.0 Å². The second kappa shape index (κ2) is 8.06. The van der Waals surface area contributed by atoms with Gasteiger partial charge in [-0.2, -0.15) is 0 Å². The van der Waals surface area contributed by atoms with Crippen LogP contribution >= 0.6 is 22.6 Å². The van der Waals surface area contributed by atoms with E-state index in [1.807, 2.05) is 0 Å². The molecule has 1 aromatic heterocycles. The minimum Gasteiger partial charge on any atom is -0.292 e. The van der Waals surface area contributed by atoms with E-state index in [4.69, 9.17) is 0 Å². The molecule has 0 amide bonds. The van der Waals surface area contributed by atoms with Crippen LogP contribution in [-0.4, -0.2) is 19.5 Å². The highest BCUT2D eigenvalue weighted by atomic mass is 127. The van der Waals surface area contributed by atoms with Crippen LogP contribution < -0.4 is 17.1 Å². The standard InChI is InChI=1S/C17H16IN3O4/c1-3-9-19-15(23)20(10-4-2)17(25)21(16(19)24)11-14(22)12-5-7-13(18)8-6-12/h3-8H,1-2,9-11H2. The summed E-state index contributed by atoms with van der Waals surface area (Å²) in [5.41, 5.74) is -2.06. The summed E-state index contributed by atoms with van der Waals surface area (Å²) in [6, 6.07) is 6.75. The highest BCUT2D eigenvalue weighted by Gasteiger charge is 2.17. The summed E-state index contributed by atoms with van der Waals surface area (Å²) in [6.45, 7) is 6.42. The summed E-state index contributed by atoms with van der Waals surface area (Å²) in [5, 5.41) is 0. The molecule has 0 spiro atoms. The number of hydrogen-bond donors (Lipinski definition) is 0. The summed E-state index contributed by atoms with van der Waals surface area (Å²) >= 11 is 2.11. The summed E-state index contributed by atoms with van der Waals surface area (Å²) < 4.78 is 3.44. The van der Waals surface area contributed by atoms with Gasteiger partial charge in [0.25, 0.3) is 0 Å². The Bertz CT molecular complexity index is 948. The average molecular weight is 453 g/mol. The van der Waals surface area contributed by atoms with E-state index in [-0.39, 0.29) is 13.1 Å². The van der Waals surface area contributed by atoms with Gasteiger partial charge in [-0.05, 0) is 34.7 Å². The van der Waals surface area contributed by atoms with Crippen molar-refractivity contribution in [1.82, 2.24) is 13.7 Å². The lowest BCUT2D eigenvalue weighted by molar-refractivity contribution is 0.0966. The molecule has 0 saturated carbocycles. The topological polar surface area (TPSA) is 83.1 Å². The zero-order valence-corrected chi connectivity index (χ0v) is 15.5. The van der Waals surface area contributed by atoms with Gasteiger partial charge >= 0.3 is 17.1 Å². The summed E-state index contributed by atoms with van der Waals surface area (Å²) in [4.78, 5) is 49.6. The molecule has 0 saturated heterocycles. The van der Waals surface area contributed by atoms with Gasteiger partial charge in [-0.3, -0.25) is 4.79 Å². The molecule has 0 atom stereocenters. The molecular weight excluding hydrogens is 437 g/mol. The molecule has 7 nitrogen and oxygen atoms in total. The maximum absolute atomic E-state index is 12.5. The molecule has 0 N–H and O–H groups in total. The van der Waals surface area contributed by atoms with Crippen molar-refractivity contribution >= 4 is 28.4 Å². The normalized spacial score (nSPS) is 10.4. The smallest absolute Gasteiger partial charge is 0.292 e. The van der Waals surface area contributed by atoms with Crippen molar-refractivity contribution < 1.29 is 4.79 Å². The van der Waals surface area contributed by atoms with Crippen LogP contribution in [0.1, 0.15) is 10.4 Å². The Morgan fingerprint density at radius 1 is 0.880 bits per heavy atom. The fourth-order valence-corrected chi connectivity index (χ4v) is 2.62. The number of hydrogen-bond acceptors (Lipinski definition) is 4. The molecule has 1 aromatic carbocycles. The van der Waals surface area contributed by atoms with Gasteiger partial charge in [-0.1, -0.05) is 24.3 Å². The van der Waals surface area contributed by atoms with Crippen molar-refractivity contribution in [3.05, 3.63) is 90.2 Å². The highest BCUT2D eigenvalue weighted by Crippen LogP contribution is 2.07. The molecule has 0 fully saturated rings. The molecule has 1 heterocycles. The van der Waals surface area contributed by atoms with Crippen LogP contribution in [0.3, 0.4) is 0 Å². The van der Waals surface area contributed by atoms with Crippen molar-refractivity contribution in [2.75, 3.05) is 0 Å². The van der Waals surface area contributed by atoms with E-state index in [0.717, 1.165) is 17.3 Å². The summed E-state index contributed by atoms with van der Waals surface area (Å²) in [7, 11) is 0. The van der Waals surface area contributed by atoms with Gasteiger partial charge in [0.05, 0.1) is 19.6 Å². The predicted octanol–water partition coefficient (Wildman–Crippen LogP) is 1.03. The van der Waals surface area contributed by atoms with Gasteiger partial charge in [0.15, 0.2) is 5.78 Å². The van der Waals surface area contributed by atoms with Gasteiger partial charge in [0, 0.05) is 9.13 Å². The second-order valence-corrected chi connectivity index (χ2v) is 6.41. The first-order chi connectivity index (χ1) is 11.9. The molecule has 0 aliphatic carbocycles. The zero-order valence-electron chi connectivity index (χ0n) is 13.4.